The summed E-state index contributed by atoms with van der Waals surface area (Å²) in [4.78, 5) is 11.2. The van der Waals surface area contributed by atoms with E-state index < -0.39 is 6.29 Å². The van der Waals surface area contributed by atoms with Crippen LogP contribution in [0.1, 0.15) is 32.1 Å². The Morgan fingerprint density at radius 1 is 1.36 bits per heavy atom. The minimum absolute atomic E-state index is 0.0201. The highest BCUT2D eigenvalue weighted by molar-refractivity contribution is 5.77. The van der Waals surface area contributed by atoms with E-state index >= 15 is 0 Å². The van der Waals surface area contributed by atoms with Crippen LogP contribution in [0.2, 0.25) is 0 Å². The fourth-order valence-corrected chi connectivity index (χ4v) is 2.22. The molecule has 0 bridgehead atoms. The van der Waals surface area contributed by atoms with Crippen LogP contribution in [-0.2, 0) is 4.79 Å². The molecule has 2 unspecified atom stereocenters. The molecule has 0 radical (unpaired) electrons. The molecule has 5 nitrogen and oxygen atoms in total. The van der Waals surface area contributed by atoms with Crippen molar-refractivity contribution in [3.05, 3.63) is 0 Å². The molecule has 1 aliphatic heterocycles. The molecule has 1 saturated heterocycles. The summed E-state index contributed by atoms with van der Waals surface area (Å²) in [6.07, 6.45) is 5.14. The maximum atomic E-state index is 11.2. The maximum absolute atomic E-state index is 11.2. The fraction of sp³-hybridized carbons (Fsp3) is 0.889. The van der Waals surface area contributed by atoms with Crippen molar-refractivity contribution in [2.75, 3.05) is 0 Å². The van der Waals surface area contributed by atoms with Crippen molar-refractivity contribution >= 4 is 5.91 Å². The summed E-state index contributed by atoms with van der Waals surface area (Å²) in [7, 11) is 0. The summed E-state index contributed by atoms with van der Waals surface area (Å²) in [5, 5.41) is 9.16. The Bertz CT molecular complexity index is 215. The van der Waals surface area contributed by atoms with Gasteiger partial charge in [-0.05, 0) is 12.8 Å². The van der Waals surface area contributed by atoms with Gasteiger partial charge in [-0.25, -0.2) is 0 Å². The van der Waals surface area contributed by atoms with Gasteiger partial charge in [0.1, 0.15) is 6.29 Å². The van der Waals surface area contributed by atoms with Gasteiger partial charge in [-0.3, -0.25) is 21.2 Å². The Balaban J connectivity index is 1.81. The second-order valence-electron chi connectivity index (χ2n) is 4.12. The van der Waals surface area contributed by atoms with Crippen LogP contribution in [0.3, 0.4) is 0 Å². The monoisotopic (exact) mass is 198 g/mol. The zero-order chi connectivity index (χ0) is 9.97. The highest BCUT2D eigenvalue weighted by atomic mass is 16.2. The van der Waals surface area contributed by atoms with Crippen LogP contribution in [0, 0.1) is 0 Å². The maximum Gasteiger partial charge on any atom is 0.225 e. The standard InChI is InChI=1S/C9H18N4O/c10-9-12-7(5-8(14)13-9)11-6-3-1-2-4-6/h6-7,9,11-12H,1-5,10H2,(H,13,14). The van der Waals surface area contributed by atoms with E-state index in [2.05, 4.69) is 16.0 Å². The van der Waals surface area contributed by atoms with Gasteiger partial charge < -0.3 is 5.32 Å². The second-order valence-corrected chi connectivity index (χ2v) is 4.12. The van der Waals surface area contributed by atoms with Gasteiger partial charge in [0.2, 0.25) is 5.91 Å². The number of rotatable bonds is 2. The van der Waals surface area contributed by atoms with Gasteiger partial charge in [0, 0.05) is 6.04 Å². The average Bonchev–Trinajstić information content (AvgIpc) is 2.54. The third kappa shape index (κ3) is 2.43. The van der Waals surface area contributed by atoms with Crippen molar-refractivity contribution in [1.29, 1.82) is 0 Å². The molecular weight excluding hydrogens is 180 g/mol. The lowest BCUT2D eigenvalue weighted by Gasteiger charge is -2.31. The van der Waals surface area contributed by atoms with Crippen molar-refractivity contribution in [3.63, 3.8) is 0 Å². The molecule has 2 atom stereocenters. The first-order valence-corrected chi connectivity index (χ1v) is 5.31. The van der Waals surface area contributed by atoms with E-state index in [1.165, 1.54) is 25.7 Å². The smallest absolute Gasteiger partial charge is 0.225 e. The number of hydrogen-bond donors (Lipinski definition) is 4. The van der Waals surface area contributed by atoms with Gasteiger partial charge in [-0.1, -0.05) is 12.8 Å². The quantitative estimate of drug-likeness (QED) is 0.468. The molecule has 1 heterocycles. The van der Waals surface area contributed by atoms with Crippen LogP contribution in [0.25, 0.3) is 0 Å². The predicted octanol–water partition coefficient (Wildman–Crippen LogP) is -0.803. The van der Waals surface area contributed by atoms with E-state index in [9.17, 15) is 4.79 Å². The van der Waals surface area contributed by atoms with Gasteiger partial charge in [-0.15, -0.1) is 0 Å². The Hall–Kier alpha value is -0.650. The molecule has 1 aliphatic carbocycles. The molecular formula is C9H18N4O. The molecule has 0 spiro atoms. The number of carbonyl (C=O) groups is 1. The van der Waals surface area contributed by atoms with Gasteiger partial charge in [-0.2, -0.15) is 0 Å². The predicted molar refractivity (Wildman–Crippen MR) is 53.1 cm³/mol. The van der Waals surface area contributed by atoms with E-state index in [0.29, 0.717) is 12.5 Å². The van der Waals surface area contributed by atoms with Crippen LogP contribution < -0.4 is 21.7 Å². The minimum atomic E-state index is -0.407. The Morgan fingerprint density at radius 2 is 2.07 bits per heavy atom. The van der Waals surface area contributed by atoms with Gasteiger partial charge in [0.25, 0.3) is 0 Å². The summed E-state index contributed by atoms with van der Waals surface area (Å²) in [6.45, 7) is 0. The summed E-state index contributed by atoms with van der Waals surface area (Å²) in [5.74, 6) is 0.0201. The number of nitrogens with two attached hydrogens (primary N) is 1. The van der Waals surface area contributed by atoms with E-state index in [-0.39, 0.29) is 12.1 Å². The third-order valence-electron chi connectivity index (χ3n) is 2.88. The molecule has 0 aromatic rings. The molecule has 2 fully saturated rings. The largest absolute Gasteiger partial charge is 0.328 e. The minimum Gasteiger partial charge on any atom is -0.328 e. The average molecular weight is 198 g/mol. The van der Waals surface area contributed by atoms with Gasteiger partial charge in [0.05, 0.1) is 12.6 Å². The zero-order valence-electron chi connectivity index (χ0n) is 8.25. The lowest BCUT2D eigenvalue weighted by Crippen LogP contribution is -2.65. The first-order chi connectivity index (χ1) is 6.74. The molecule has 80 valence electrons. The third-order valence-corrected chi connectivity index (χ3v) is 2.88. The first-order valence-electron chi connectivity index (χ1n) is 5.31. The SMILES string of the molecule is NC1NC(=O)CC(NC2CCCC2)N1. The lowest BCUT2D eigenvalue weighted by molar-refractivity contribution is -0.124. The molecule has 1 amide bonds. The van der Waals surface area contributed by atoms with E-state index in [1.54, 1.807) is 0 Å². The number of carbonyl (C=O) groups excluding carboxylic acids is 1. The number of nitrogens with one attached hydrogen (secondary N) is 3. The van der Waals surface area contributed by atoms with Gasteiger partial charge >= 0.3 is 0 Å². The van der Waals surface area contributed by atoms with Crippen LogP contribution in [0.4, 0.5) is 0 Å². The van der Waals surface area contributed by atoms with Crippen LogP contribution in [-0.4, -0.2) is 24.4 Å². The van der Waals surface area contributed by atoms with Crippen LogP contribution >= 0.6 is 0 Å². The molecule has 0 aromatic heterocycles. The fourth-order valence-electron chi connectivity index (χ4n) is 2.22. The van der Waals surface area contributed by atoms with Crippen molar-refractivity contribution in [2.24, 2.45) is 5.73 Å². The van der Waals surface area contributed by atoms with Crippen molar-refractivity contribution < 1.29 is 4.79 Å². The molecule has 1 saturated carbocycles. The molecule has 5 heteroatoms. The lowest BCUT2D eigenvalue weighted by atomic mass is 10.2. The molecule has 0 aromatic carbocycles. The summed E-state index contributed by atoms with van der Waals surface area (Å²) >= 11 is 0. The van der Waals surface area contributed by atoms with Gasteiger partial charge in [0.15, 0.2) is 0 Å². The number of hydrogen-bond acceptors (Lipinski definition) is 4. The molecule has 14 heavy (non-hydrogen) atoms. The van der Waals surface area contributed by atoms with Crippen LogP contribution in [0.5, 0.6) is 0 Å². The Labute approximate surface area is 83.8 Å². The number of amides is 1. The summed E-state index contributed by atoms with van der Waals surface area (Å²) < 4.78 is 0. The normalized spacial score (nSPS) is 34.5. The zero-order valence-corrected chi connectivity index (χ0v) is 8.25. The topological polar surface area (TPSA) is 79.2 Å². The summed E-state index contributed by atoms with van der Waals surface area (Å²) in [6, 6.07) is 0.561. The molecule has 2 aliphatic rings. The Kier molecular flexibility index (Phi) is 3.00. The highest BCUT2D eigenvalue weighted by Crippen LogP contribution is 2.18. The Morgan fingerprint density at radius 3 is 2.71 bits per heavy atom. The van der Waals surface area contributed by atoms with E-state index in [1.807, 2.05) is 0 Å². The van der Waals surface area contributed by atoms with Crippen LogP contribution in [0.15, 0.2) is 0 Å². The summed E-state index contributed by atoms with van der Waals surface area (Å²) in [5.41, 5.74) is 5.61. The molecule has 2 rings (SSSR count). The van der Waals surface area contributed by atoms with E-state index in [4.69, 9.17) is 5.73 Å². The van der Waals surface area contributed by atoms with Crippen molar-refractivity contribution in [1.82, 2.24) is 16.0 Å². The second kappa shape index (κ2) is 4.25. The van der Waals surface area contributed by atoms with E-state index in [0.717, 1.165) is 0 Å². The first kappa shape index (κ1) is 9.89. The van der Waals surface area contributed by atoms with Crippen molar-refractivity contribution in [3.8, 4) is 0 Å². The van der Waals surface area contributed by atoms with Crippen molar-refractivity contribution in [2.45, 2.75) is 50.6 Å². The highest BCUT2D eigenvalue weighted by Gasteiger charge is 2.26. The molecule has 5 N–H and O–H groups in total.